The molecule has 21 heavy (non-hydrogen) atoms. The second-order valence-corrected chi connectivity index (χ2v) is 4.91. The number of amides is 4. The van der Waals surface area contributed by atoms with E-state index in [0.717, 1.165) is 18.4 Å². The van der Waals surface area contributed by atoms with Crippen molar-refractivity contribution < 1.29 is 19.2 Å². The summed E-state index contributed by atoms with van der Waals surface area (Å²) in [4.78, 5) is 48.1. The Kier molecular flexibility index (Phi) is 4.16. The Bertz CT molecular complexity index is 607. The molecule has 0 radical (unpaired) electrons. The highest BCUT2D eigenvalue weighted by atomic mass is 16.2. The number of benzene rings is 1. The molecule has 1 saturated heterocycles. The van der Waals surface area contributed by atoms with Crippen LogP contribution in [0.1, 0.15) is 29.3 Å². The Labute approximate surface area is 122 Å². The lowest BCUT2D eigenvalue weighted by atomic mass is 10.1. The number of carbonyl (C=O) groups excluding carboxylic acids is 4. The molecule has 6 heteroatoms. The van der Waals surface area contributed by atoms with Crippen molar-refractivity contribution in [1.82, 2.24) is 9.80 Å². The quantitative estimate of drug-likeness (QED) is 0.464. The van der Waals surface area contributed by atoms with E-state index < -0.39 is 24.4 Å². The van der Waals surface area contributed by atoms with Gasteiger partial charge in [-0.25, -0.2) is 9.69 Å². The summed E-state index contributed by atoms with van der Waals surface area (Å²) in [7, 11) is 1.21. The second kappa shape index (κ2) is 5.87. The van der Waals surface area contributed by atoms with Crippen LogP contribution < -0.4 is 0 Å². The van der Waals surface area contributed by atoms with E-state index in [1.165, 1.54) is 7.05 Å². The second-order valence-electron chi connectivity index (χ2n) is 4.91. The molecule has 1 heterocycles. The highest BCUT2D eigenvalue weighted by molar-refractivity contribution is 6.45. The number of Topliss-reactive ketones (excluding diaryl/α,β-unsaturated/α-hetero) is 1. The molecule has 0 atom stereocenters. The fourth-order valence-electron chi connectivity index (χ4n) is 2.13. The number of rotatable bonds is 5. The molecular formula is C15H16N2O4. The van der Waals surface area contributed by atoms with E-state index in [0.29, 0.717) is 15.4 Å². The van der Waals surface area contributed by atoms with Gasteiger partial charge in [-0.05, 0) is 12.0 Å². The van der Waals surface area contributed by atoms with Gasteiger partial charge in [-0.3, -0.25) is 19.3 Å². The third-order valence-electron chi connectivity index (χ3n) is 3.37. The summed E-state index contributed by atoms with van der Waals surface area (Å²) in [6.07, 6.45) is 1.94. The lowest BCUT2D eigenvalue weighted by Crippen LogP contribution is -2.36. The Hall–Kier alpha value is -2.50. The van der Waals surface area contributed by atoms with Crippen molar-refractivity contribution in [2.45, 2.75) is 19.8 Å². The van der Waals surface area contributed by atoms with Crippen LogP contribution in [0.15, 0.2) is 24.3 Å². The van der Waals surface area contributed by atoms with Gasteiger partial charge in [0.25, 0.3) is 0 Å². The van der Waals surface area contributed by atoms with E-state index in [-0.39, 0.29) is 5.78 Å². The van der Waals surface area contributed by atoms with Crippen molar-refractivity contribution >= 4 is 23.6 Å². The smallest absolute Gasteiger partial charge is 0.292 e. The lowest BCUT2D eigenvalue weighted by molar-refractivity contribution is -0.142. The first-order chi connectivity index (χ1) is 9.95. The number of hydrogen-bond acceptors (Lipinski definition) is 4. The van der Waals surface area contributed by atoms with Gasteiger partial charge in [0, 0.05) is 12.6 Å². The first kappa shape index (κ1) is 14.9. The molecule has 1 fully saturated rings. The topological polar surface area (TPSA) is 74.8 Å². The Morgan fingerprint density at radius 3 is 2.14 bits per heavy atom. The first-order valence-corrected chi connectivity index (χ1v) is 6.71. The molecule has 2 rings (SSSR count). The van der Waals surface area contributed by atoms with Gasteiger partial charge in [-0.2, -0.15) is 0 Å². The van der Waals surface area contributed by atoms with Crippen LogP contribution in [-0.4, -0.2) is 47.0 Å². The van der Waals surface area contributed by atoms with Crippen molar-refractivity contribution in [3.63, 3.8) is 0 Å². The third kappa shape index (κ3) is 2.84. The molecule has 0 aromatic heterocycles. The van der Waals surface area contributed by atoms with Crippen LogP contribution in [0.2, 0.25) is 0 Å². The van der Waals surface area contributed by atoms with Crippen molar-refractivity contribution in [1.29, 1.82) is 0 Å². The summed E-state index contributed by atoms with van der Waals surface area (Å²) in [5.74, 6) is -2.24. The van der Waals surface area contributed by atoms with E-state index in [2.05, 4.69) is 6.92 Å². The average Bonchev–Trinajstić information content (AvgIpc) is 2.66. The van der Waals surface area contributed by atoms with E-state index in [1.54, 1.807) is 12.1 Å². The van der Waals surface area contributed by atoms with Crippen LogP contribution in [0, 0.1) is 0 Å². The highest BCUT2D eigenvalue weighted by Crippen LogP contribution is 2.12. The van der Waals surface area contributed by atoms with Gasteiger partial charge in [0.05, 0.1) is 6.54 Å². The van der Waals surface area contributed by atoms with E-state index >= 15 is 0 Å². The number of likely N-dealkylation sites (N-methyl/N-ethyl adjacent to an activating group) is 1. The lowest BCUT2D eigenvalue weighted by Gasteiger charge is -2.12. The fraction of sp³-hybridized carbons (Fsp3) is 0.333. The predicted molar refractivity (Wildman–Crippen MR) is 74.6 cm³/mol. The Morgan fingerprint density at radius 2 is 1.67 bits per heavy atom. The zero-order chi connectivity index (χ0) is 15.6. The van der Waals surface area contributed by atoms with Crippen molar-refractivity contribution in [3.8, 4) is 0 Å². The summed E-state index contributed by atoms with van der Waals surface area (Å²) in [5.41, 5.74) is 1.54. The van der Waals surface area contributed by atoms with E-state index in [1.807, 2.05) is 12.1 Å². The molecule has 6 nitrogen and oxygen atoms in total. The van der Waals surface area contributed by atoms with Crippen LogP contribution in [0.25, 0.3) is 0 Å². The molecule has 0 spiro atoms. The molecule has 1 aliphatic rings. The minimum atomic E-state index is -0.960. The maximum absolute atomic E-state index is 12.1. The summed E-state index contributed by atoms with van der Waals surface area (Å²) in [6, 6.07) is 6.28. The minimum Gasteiger partial charge on any atom is -0.292 e. The Balaban J connectivity index is 2.09. The van der Waals surface area contributed by atoms with E-state index in [4.69, 9.17) is 0 Å². The van der Waals surface area contributed by atoms with Crippen LogP contribution in [0.4, 0.5) is 4.79 Å². The molecule has 110 valence electrons. The highest BCUT2D eigenvalue weighted by Gasteiger charge is 2.42. The monoisotopic (exact) mass is 288 g/mol. The molecule has 1 aliphatic heterocycles. The molecule has 0 unspecified atom stereocenters. The van der Waals surface area contributed by atoms with Gasteiger partial charge in [0.2, 0.25) is 0 Å². The SMILES string of the molecule is CCCc1ccc(C(=O)CN2C(=O)C(=O)N(C)C2=O)cc1. The first-order valence-electron chi connectivity index (χ1n) is 6.71. The molecule has 1 aromatic carbocycles. The molecule has 0 N–H and O–H groups in total. The molecule has 0 saturated carbocycles. The van der Waals surface area contributed by atoms with Gasteiger partial charge in [0.15, 0.2) is 5.78 Å². The predicted octanol–water partition coefficient (Wildman–Crippen LogP) is 1.24. The van der Waals surface area contributed by atoms with Crippen molar-refractivity contribution in [3.05, 3.63) is 35.4 Å². The van der Waals surface area contributed by atoms with E-state index in [9.17, 15) is 19.2 Å². The average molecular weight is 288 g/mol. The van der Waals surface area contributed by atoms with Crippen LogP contribution in [0.5, 0.6) is 0 Å². The van der Waals surface area contributed by atoms with Gasteiger partial charge in [0.1, 0.15) is 0 Å². The number of carbonyl (C=O) groups is 4. The normalized spacial score (nSPS) is 15.0. The largest absolute Gasteiger partial charge is 0.334 e. The number of nitrogens with zero attached hydrogens (tertiary/aromatic N) is 2. The zero-order valence-corrected chi connectivity index (χ0v) is 12.0. The van der Waals surface area contributed by atoms with Gasteiger partial charge in [-0.1, -0.05) is 37.6 Å². The third-order valence-corrected chi connectivity index (χ3v) is 3.37. The van der Waals surface area contributed by atoms with Crippen molar-refractivity contribution in [2.24, 2.45) is 0 Å². The minimum absolute atomic E-state index is 0.372. The molecule has 0 aliphatic carbocycles. The summed E-state index contributed by atoms with van der Waals surface area (Å²) >= 11 is 0. The summed E-state index contributed by atoms with van der Waals surface area (Å²) in [5, 5.41) is 0. The molecule has 0 bridgehead atoms. The number of urea groups is 1. The Morgan fingerprint density at radius 1 is 1.05 bits per heavy atom. The van der Waals surface area contributed by atoms with Gasteiger partial charge in [-0.15, -0.1) is 0 Å². The van der Waals surface area contributed by atoms with Gasteiger partial charge < -0.3 is 0 Å². The van der Waals surface area contributed by atoms with Crippen molar-refractivity contribution in [2.75, 3.05) is 13.6 Å². The number of hydrogen-bond donors (Lipinski definition) is 0. The van der Waals surface area contributed by atoms with Crippen LogP contribution in [-0.2, 0) is 16.0 Å². The van der Waals surface area contributed by atoms with Gasteiger partial charge >= 0.3 is 17.8 Å². The standard InChI is InChI=1S/C15H16N2O4/c1-3-4-10-5-7-11(8-6-10)12(18)9-17-14(20)13(19)16(2)15(17)21/h5-8H,3-4,9H2,1-2H3. The maximum Gasteiger partial charge on any atom is 0.334 e. The zero-order valence-electron chi connectivity index (χ0n) is 12.0. The molecule has 1 aromatic rings. The summed E-state index contributed by atoms with van der Waals surface area (Å²) < 4.78 is 0. The fourth-order valence-corrected chi connectivity index (χ4v) is 2.13. The number of imide groups is 2. The molecule has 4 amide bonds. The maximum atomic E-state index is 12.1. The number of aryl methyl sites for hydroxylation is 1. The van der Waals surface area contributed by atoms with Crippen LogP contribution >= 0.6 is 0 Å². The number of ketones is 1. The van der Waals surface area contributed by atoms with Crippen LogP contribution in [0.3, 0.4) is 0 Å². The summed E-state index contributed by atoms with van der Waals surface area (Å²) in [6.45, 7) is 1.65. The molecular weight excluding hydrogens is 272 g/mol.